The van der Waals surface area contributed by atoms with Crippen molar-refractivity contribution in [1.29, 1.82) is 0 Å². The molecular weight excluding hydrogens is 448 g/mol. The molecule has 3 aromatic carbocycles. The van der Waals surface area contributed by atoms with Crippen molar-refractivity contribution >= 4 is 43.6 Å². The van der Waals surface area contributed by atoms with Crippen LogP contribution in [0.5, 0.6) is 5.75 Å². The van der Waals surface area contributed by atoms with Crippen molar-refractivity contribution < 1.29 is 13.9 Å². The average molecular weight is 469 g/mol. The van der Waals surface area contributed by atoms with Gasteiger partial charge in [0.2, 0.25) is 5.76 Å². The molecule has 0 bridgehead atoms. The van der Waals surface area contributed by atoms with Crippen LogP contribution < -0.4 is 15.1 Å². The molecule has 0 radical (unpaired) electrons. The number of aryl methyl sites for hydroxylation is 1. The minimum Gasteiger partial charge on any atom is -0.494 e. The van der Waals surface area contributed by atoms with Crippen molar-refractivity contribution in [1.82, 2.24) is 4.98 Å². The van der Waals surface area contributed by atoms with E-state index in [9.17, 15) is 9.59 Å². The summed E-state index contributed by atoms with van der Waals surface area (Å²) in [6, 6.07) is 19.8. The SMILES string of the molecule is CCOc1ccc([C@@H]2c3c(oc4ccccc4c3=O)C(=O)N2c2nc3ccc(C)cc3s2)cc1. The maximum atomic E-state index is 13.7. The van der Waals surface area contributed by atoms with Crippen LogP contribution in [0.2, 0.25) is 0 Å². The van der Waals surface area contributed by atoms with Gasteiger partial charge in [-0.25, -0.2) is 4.98 Å². The third-order valence-corrected chi connectivity index (χ3v) is 7.04. The number of carbonyl (C=O) groups is 1. The van der Waals surface area contributed by atoms with E-state index in [1.165, 1.54) is 11.3 Å². The van der Waals surface area contributed by atoms with Gasteiger partial charge in [-0.05, 0) is 61.4 Å². The van der Waals surface area contributed by atoms with Crippen molar-refractivity contribution in [3.63, 3.8) is 0 Å². The van der Waals surface area contributed by atoms with Crippen molar-refractivity contribution in [3.05, 3.63) is 99.4 Å². The first-order valence-electron chi connectivity index (χ1n) is 11.0. The van der Waals surface area contributed by atoms with E-state index in [0.29, 0.717) is 28.3 Å². The molecule has 1 aliphatic rings. The van der Waals surface area contributed by atoms with Gasteiger partial charge >= 0.3 is 0 Å². The Hall–Kier alpha value is -3.97. The van der Waals surface area contributed by atoms with Crippen molar-refractivity contribution in [2.24, 2.45) is 0 Å². The predicted octanol–water partition coefficient (Wildman–Crippen LogP) is 5.86. The fourth-order valence-electron chi connectivity index (χ4n) is 4.47. The van der Waals surface area contributed by atoms with Crippen molar-refractivity contribution in [2.45, 2.75) is 19.9 Å². The quantitative estimate of drug-likeness (QED) is 0.330. The standard InChI is InChI=1S/C27H20N2O4S/c1-3-32-17-11-9-16(10-12-17)23-22-24(30)18-6-4-5-7-20(18)33-25(22)26(31)29(23)27-28-19-13-8-15(2)14-21(19)34-27/h4-14,23H,3H2,1-2H3/t23-/m1/s1. The number of ether oxygens (including phenoxy) is 1. The Kier molecular flexibility index (Phi) is 4.74. The lowest BCUT2D eigenvalue weighted by atomic mass is 9.98. The lowest BCUT2D eigenvalue weighted by molar-refractivity contribution is 0.0971. The number of anilines is 1. The Bertz CT molecular complexity index is 1630. The van der Waals surface area contributed by atoms with Crippen LogP contribution in [0.15, 0.2) is 75.9 Å². The first-order valence-corrected chi connectivity index (χ1v) is 11.9. The van der Waals surface area contributed by atoms with Gasteiger partial charge < -0.3 is 9.15 Å². The number of benzene rings is 3. The van der Waals surface area contributed by atoms with Crippen LogP contribution in [-0.2, 0) is 0 Å². The second-order valence-electron chi connectivity index (χ2n) is 8.22. The fraction of sp³-hybridized carbons (Fsp3) is 0.148. The number of rotatable bonds is 4. The zero-order valence-electron chi connectivity index (χ0n) is 18.6. The molecule has 1 atom stereocenters. The second-order valence-corrected chi connectivity index (χ2v) is 9.23. The molecule has 6 nitrogen and oxygen atoms in total. The lowest BCUT2D eigenvalue weighted by Crippen LogP contribution is -2.29. The molecule has 6 rings (SSSR count). The normalized spacial score (nSPS) is 15.3. The van der Waals surface area contributed by atoms with E-state index in [1.807, 2.05) is 56.3 Å². The van der Waals surface area contributed by atoms with Gasteiger partial charge in [0.1, 0.15) is 11.3 Å². The van der Waals surface area contributed by atoms with Crippen LogP contribution in [0.25, 0.3) is 21.2 Å². The lowest BCUT2D eigenvalue weighted by Gasteiger charge is -2.22. The predicted molar refractivity (Wildman–Crippen MR) is 133 cm³/mol. The first kappa shape index (κ1) is 20.6. The van der Waals surface area contributed by atoms with Gasteiger partial charge in [0, 0.05) is 0 Å². The number of aromatic nitrogens is 1. The molecule has 1 aliphatic heterocycles. The van der Waals surface area contributed by atoms with E-state index in [2.05, 4.69) is 0 Å². The zero-order chi connectivity index (χ0) is 23.4. The van der Waals surface area contributed by atoms with E-state index in [0.717, 1.165) is 27.1 Å². The molecule has 7 heteroatoms. The molecule has 34 heavy (non-hydrogen) atoms. The number of nitrogens with zero attached hydrogens (tertiary/aromatic N) is 2. The molecule has 0 aliphatic carbocycles. The summed E-state index contributed by atoms with van der Waals surface area (Å²) in [5.41, 5.74) is 3.24. The van der Waals surface area contributed by atoms with Gasteiger partial charge in [-0.1, -0.05) is 41.7 Å². The number of hydrogen-bond donors (Lipinski definition) is 0. The maximum absolute atomic E-state index is 13.7. The number of fused-ring (bicyclic) bond motifs is 3. The van der Waals surface area contributed by atoms with Crippen LogP contribution >= 0.6 is 11.3 Å². The third-order valence-electron chi connectivity index (χ3n) is 6.02. The summed E-state index contributed by atoms with van der Waals surface area (Å²) in [6.45, 7) is 4.50. The molecule has 1 amide bonds. The number of amides is 1. The summed E-state index contributed by atoms with van der Waals surface area (Å²) in [4.78, 5) is 33.7. The minimum absolute atomic E-state index is 0.0676. The van der Waals surface area contributed by atoms with Gasteiger partial charge in [0.25, 0.3) is 5.91 Å². The Balaban J connectivity index is 1.59. The Morgan fingerprint density at radius 1 is 1.06 bits per heavy atom. The van der Waals surface area contributed by atoms with Gasteiger partial charge in [0.05, 0.1) is 33.8 Å². The highest BCUT2D eigenvalue weighted by Crippen LogP contribution is 2.43. The largest absolute Gasteiger partial charge is 0.494 e. The highest BCUT2D eigenvalue weighted by molar-refractivity contribution is 7.22. The highest BCUT2D eigenvalue weighted by atomic mass is 32.1. The molecule has 2 aromatic heterocycles. The maximum Gasteiger partial charge on any atom is 0.297 e. The molecular formula is C27H20N2O4S. The third kappa shape index (κ3) is 3.12. The van der Waals surface area contributed by atoms with Crippen LogP contribution in [-0.4, -0.2) is 17.5 Å². The molecule has 0 unspecified atom stereocenters. The zero-order valence-corrected chi connectivity index (χ0v) is 19.4. The molecule has 0 saturated heterocycles. The van der Waals surface area contributed by atoms with Gasteiger partial charge in [-0.2, -0.15) is 0 Å². The summed E-state index contributed by atoms with van der Waals surface area (Å²) in [5.74, 6) is 0.425. The topological polar surface area (TPSA) is 72.6 Å². The first-order chi connectivity index (χ1) is 16.5. The molecule has 168 valence electrons. The number of carbonyl (C=O) groups excluding carboxylic acids is 1. The van der Waals surface area contributed by atoms with E-state index in [1.54, 1.807) is 29.2 Å². The summed E-state index contributed by atoms with van der Waals surface area (Å²) < 4.78 is 12.6. The highest BCUT2D eigenvalue weighted by Gasteiger charge is 2.45. The average Bonchev–Trinajstić information content (AvgIpc) is 3.38. The van der Waals surface area contributed by atoms with Gasteiger partial charge in [-0.3, -0.25) is 14.5 Å². The van der Waals surface area contributed by atoms with Crippen LogP contribution in [0.4, 0.5) is 5.13 Å². The van der Waals surface area contributed by atoms with E-state index >= 15 is 0 Å². The van der Waals surface area contributed by atoms with E-state index in [4.69, 9.17) is 14.1 Å². The van der Waals surface area contributed by atoms with E-state index in [-0.39, 0.29) is 17.1 Å². The summed E-state index contributed by atoms with van der Waals surface area (Å²) in [7, 11) is 0. The molecule has 0 saturated carbocycles. The summed E-state index contributed by atoms with van der Waals surface area (Å²) >= 11 is 1.43. The fourth-order valence-corrected chi connectivity index (χ4v) is 5.56. The van der Waals surface area contributed by atoms with Crippen molar-refractivity contribution in [2.75, 3.05) is 11.5 Å². The monoisotopic (exact) mass is 468 g/mol. The van der Waals surface area contributed by atoms with Crippen LogP contribution in [0.3, 0.4) is 0 Å². The minimum atomic E-state index is -0.652. The van der Waals surface area contributed by atoms with Crippen molar-refractivity contribution in [3.8, 4) is 5.75 Å². The second kappa shape index (κ2) is 7.81. The van der Waals surface area contributed by atoms with Crippen LogP contribution in [0.1, 0.15) is 40.2 Å². The molecule has 3 heterocycles. The number of hydrogen-bond acceptors (Lipinski definition) is 6. The molecule has 0 N–H and O–H groups in total. The van der Waals surface area contributed by atoms with E-state index < -0.39 is 6.04 Å². The summed E-state index contributed by atoms with van der Waals surface area (Å²) in [6.07, 6.45) is 0. The Morgan fingerprint density at radius 2 is 1.85 bits per heavy atom. The Labute approximate surface area is 199 Å². The van der Waals surface area contributed by atoms with Gasteiger partial charge in [0.15, 0.2) is 10.6 Å². The molecule has 0 spiro atoms. The van der Waals surface area contributed by atoms with Gasteiger partial charge in [-0.15, -0.1) is 0 Å². The number of para-hydroxylation sites is 1. The number of thiazole rings is 1. The molecule has 5 aromatic rings. The van der Waals surface area contributed by atoms with Crippen LogP contribution in [0, 0.1) is 6.92 Å². The Morgan fingerprint density at radius 3 is 2.65 bits per heavy atom. The molecule has 0 fully saturated rings. The summed E-state index contributed by atoms with van der Waals surface area (Å²) in [5, 5.41) is 0.978. The smallest absolute Gasteiger partial charge is 0.297 e.